The zero-order valence-corrected chi connectivity index (χ0v) is 11.0. The molecule has 0 saturated carbocycles. The number of aromatic nitrogens is 4. The van der Waals surface area contributed by atoms with Crippen molar-refractivity contribution in [3.8, 4) is 0 Å². The molecule has 2 rings (SSSR count). The number of rotatable bonds is 7. The van der Waals surface area contributed by atoms with Crippen LogP contribution in [0.3, 0.4) is 0 Å². The third-order valence-electron chi connectivity index (χ3n) is 3.16. The summed E-state index contributed by atoms with van der Waals surface area (Å²) in [6.45, 7) is 6.02. The molecule has 0 aliphatic carbocycles. The van der Waals surface area contributed by atoms with E-state index in [-0.39, 0.29) is 6.04 Å². The van der Waals surface area contributed by atoms with E-state index in [4.69, 9.17) is 9.47 Å². The number of hydrogen-bond donors (Lipinski definition) is 1. The maximum absolute atomic E-state index is 5.37. The third-order valence-corrected chi connectivity index (χ3v) is 3.16. The zero-order chi connectivity index (χ0) is 12.8. The fraction of sp³-hybridized carbons (Fsp3) is 0.909. The number of tetrazole rings is 1. The summed E-state index contributed by atoms with van der Waals surface area (Å²) >= 11 is 0. The van der Waals surface area contributed by atoms with Crippen LogP contribution < -0.4 is 5.32 Å². The minimum atomic E-state index is 0.123. The Labute approximate surface area is 107 Å². The van der Waals surface area contributed by atoms with Gasteiger partial charge in [-0.3, -0.25) is 0 Å². The van der Waals surface area contributed by atoms with Gasteiger partial charge in [-0.15, -0.1) is 5.10 Å². The smallest absolute Gasteiger partial charge is 0.167 e. The Morgan fingerprint density at radius 1 is 1.61 bits per heavy atom. The van der Waals surface area contributed by atoms with Crippen molar-refractivity contribution in [3.05, 3.63) is 5.82 Å². The van der Waals surface area contributed by atoms with E-state index in [1.165, 1.54) is 0 Å². The lowest BCUT2D eigenvalue weighted by Gasteiger charge is -2.14. The van der Waals surface area contributed by atoms with E-state index in [1.54, 1.807) is 7.11 Å². The molecule has 7 heteroatoms. The van der Waals surface area contributed by atoms with Crippen molar-refractivity contribution in [2.45, 2.75) is 25.9 Å². The Morgan fingerprint density at radius 2 is 2.50 bits per heavy atom. The van der Waals surface area contributed by atoms with E-state index in [1.807, 2.05) is 4.68 Å². The second kappa shape index (κ2) is 6.77. The maximum atomic E-state index is 5.37. The Hall–Kier alpha value is -1.05. The normalized spacial score (nSPS) is 21.3. The lowest BCUT2D eigenvalue weighted by molar-refractivity contribution is 0.180. The van der Waals surface area contributed by atoms with Crippen LogP contribution in [-0.4, -0.2) is 53.7 Å². The summed E-state index contributed by atoms with van der Waals surface area (Å²) in [6, 6.07) is 0.123. The first-order valence-corrected chi connectivity index (χ1v) is 6.37. The fourth-order valence-electron chi connectivity index (χ4n) is 2.09. The number of nitrogens with one attached hydrogen (secondary N) is 1. The Balaban J connectivity index is 1.89. The van der Waals surface area contributed by atoms with Crippen molar-refractivity contribution >= 4 is 0 Å². The van der Waals surface area contributed by atoms with Gasteiger partial charge in [-0.2, -0.15) is 0 Å². The van der Waals surface area contributed by atoms with Crippen molar-refractivity contribution in [2.24, 2.45) is 5.92 Å². The summed E-state index contributed by atoms with van der Waals surface area (Å²) in [5.41, 5.74) is 0. The molecular formula is C11H21N5O2. The van der Waals surface area contributed by atoms with Crippen LogP contribution in [0.4, 0.5) is 0 Å². The van der Waals surface area contributed by atoms with Crippen LogP contribution in [0, 0.1) is 5.92 Å². The van der Waals surface area contributed by atoms with Gasteiger partial charge in [-0.05, 0) is 23.8 Å². The highest BCUT2D eigenvalue weighted by Crippen LogP contribution is 2.16. The van der Waals surface area contributed by atoms with Crippen molar-refractivity contribution in [1.82, 2.24) is 25.5 Å². The standard InChI is InChI=1S/C11H21N5O2/c1-9(12-4-6-17-2)11-13-14-15-16(11)7-10-3-5-18-8-10/h9-10,12H,3-8H2,1-2H3. The van der Waals surface area contributed by atoms with Gasteiger partial charge in [-0.25, -0.2) is 4.68 Å². The van der Waals surface area contributed by atoms with Crippen LogP contribution in [0.25, 0.3) is 0 Å². The summed E-state index contributed by atoms with van der Waals surface area (Å²) in [5, 5.41) is 15.2. The van der Waals surface area contributed by atoms with Crippen molar-refractivity contribution in [3.63, 3.8) is 0 Å². The van der Waals surface area contributed by atoms with E-state index < -0.39 is 0 Å². The average molecular weight is 255 g/mol. The lowest BCUT2D eigenvalue weighted by Crippen LogP contribution is -2.26. The second-order valence-electron chi connectivity index (χ2n) is 4.62. The molecule has 1 aliphatic rings. The molecule has 1 aliphatic heterocycles. The molecule has 0 spiro atoms. The van der Waals surface area contributed by atoms with Gasteiger partial charge in [0.2, 0.25) is 0 Å². The van der Waals surface area contributed by atoms with Gasteiger partial charge in [-0.1, -0.05) is 0 Å². The van der Waals surface area contributed by atoms with Crippen molar-refractivity contribution in [1.29, 1.82) is 0 Å². The molecule has 0 radical (unpaired) electrons. The molecule has 2 heterocycles. The Kier molecular flexibility index (Phi) is 5.03. The molecule has 1 aromatic heterocycles. The SMILES string of the molecule is COCCNC(C)c1nnnn1CC1CCOC1. The van der Waals surface area contributed by atoms with Crippen LogP contribution >= 0.6 is 0 Å². The van der Waals surface area contributed by atoms with Gasteiger partial charge in [0, 0.05) is 32.7 Å². The van der Waals surface area contributed by atoms with Gasteiger partial charge in [0.25, 0.3) is 0 Å². The summed E-state index contributed by atoms with van der Waals surface area (Å²) in [6.07, 6.45) is 1.09. The highest BCUT2D eigenvalue weighted by molar-refractivity contribution is 4.90. The molecule has 2 atom stereocenters. The van der Waals surface area contributed by atoms with Crippen LogP contribution in [0.5, 0.6) is 0 Å². The van der Waals surface area contributed by atoms with E-state index in [0.29, 0.717) is 12.5 Å². The molecule has 1 N–H and O–H groups in total. The monoisotopic (exact) mass is 255 g/mol. The molecule has 1 saturated heterocycles. The molecule has 7 nitrogen and oxygen atoms in total. The molecule has 102 valence electrons. The predicted molar refractivity (Wildman–Crippen MR) is 65.0 cm³/mol. The van der Waals surface area contributed by atoms with Gasteiger partial charge in [0.05, 0.1) is 19.3 Å². The number of methoxy groups -OCH3 is 1. The van der Waals surface area contributed by atoms with Crippen LogP contribution in [0.2, 0.25) is 0 Å². The predicted octanol–water partition coefficient (Wildman–Crippen LogP) is 0.00660. The maximum Gasteiger partial charge on any atom is 0.167 e. The first kappa shape index (κ1) is 13.4. The summed E-state index contributed by atoms with van der Waals surface area (Å²) in [5.74, 6) is 1.40. The lowest BCUT2D eigenvalue weighted by atomic mass is 10.1. The second-order valence-corrected chi connectivity index (χ2v) is 4.62. The zero-order valence-electron chi connectivity index (χ0n) is 11.0. The van der Waals surface area contributed by atoms with Crippen LogP contribution in [0.1, 0.15) is 25.2 Å². The van der Waals surface area contributed by atoms with E-state index in [9.17, 15) is 0 Å². The molecule has 0 bridgehead atoms. The Bertz CT molecular complexity index is 351. The summed E-state index contributed by atoms with van der Waals surface area (Å²) < 4.78 is 12.3. The van der Waals surface area contributed by atoms with Gasteiger partial charge < -0.3 is 14.8 Å². The minimum Gasteiger partial charge on any atom is -0.383 e. The van der Waals surface area contributed by atoms with Crippen LogP contribution in [-0.2, 0) is 16.0 Å². The highest BCUT2D eigenvalue weighted by atomic mass is 16.5. The van der Waals surface area contributed by atoms with E-state index in [0.717, 1.165) is 38.5 Å². The number of ether oxygens (including phenoxy) is 2. The number of nitrogens with zero attached hydrogens (tertiary/aromatic N) is 4. The quantitative estimate of drug-likeness (QED) is 0.692. The molecule has 2 unspecified atom stereocenters. The van der Waals surface area contributed by atoms with Gasteiger partial charge in [0.15, 0.2) is 5.82 Å². The first-order valence-electron chi connectivity index (χ1n) is 6.37. The van der Waals surface area contributed by atoms with Gasteiger partial charge >= 0.3 is 0 Å². The van der Waals surface area contributed by atoms with Crippen LogP contribution in [0.15, 0.2) is 0 Å². The molecule has 0 amide bonds. The minimum absolute atomic E-state index is 0.123. The summed E-state index contributed by atoms with van der Waals surface area (Å²) in [7, 11) is 1.69. The fourth-order valence-corrected chi connectivity index (χ4v) is 2.09. The highest BCUT2D eigenvalue weighted by Gasteiger charge is 2.20. The summed E-state index contributed by atoms with van der Waals surface area (Å²) in [4.78, 5) is 0. The first-order chi connectivity index (χ1) is 8.81. The molecule has 0 aromatic carbocycles. The molecule has 18 heavy (non-hydrogen) atoms. The van der Waals surface area contributed by atoms with Gasteiger partial charge in [0.1, 0.15) is 0 Å². The van der Waals surface area contributed by atoms with Crippen molar-refractivity contribution in [2.75, 3.05) is 33.5 Å². The number of hydrogen-bond acceptors (Lipinski definition) is 6. The third kappa shape index (κ3) is 3.47. The molecular weight excluding hydrogens is 234 g/mol. The topological polar surface area (TPSA) is 74.1 Å². The van der Waals surface area contributed by atoms with E-state index >= 15 is 0 Å². The molecule has 1 aromatic rings. The largest absolute Gasteiger partial charge is 0.383 e. The Morgan fingerprint density at radius 3 is 3.22 bits per heavy atom. The molecule has 1 fully saturated rings. The average Bonchev–Trinajstić information content (AvgIpc) is 3.01. The van der Waals surface area contributed by atoms with E-state index in [2.05, 4.69) is 27.8 Å². The van der Waals surface area contributed by atoms with Crippen molar-refractivity contribution < 1.29 is 9.47 Å².